The molecule has 8 heterocycles. The number of carboxylic acids is 1. The minimum absolute atomic E-state index is 0.0118. The van der Waals surface area contributed by atoms with Crippen LogP contribution in [0, 0.1) is 0 Å². The summed E-state index contributed by atoms with van der Waals surface area (Å²) >= 11 is 6.31. The number of carbonyl (C=O) groups excluding carboxylic acids is 8. The van der Waals surface area contributed by atoms with Gasteiger partial charge in [-0.2, -0.15) is 0 Å². The summed E-state index contributed by atoms with van der Waals surface area (Å²) in [5.41, 5.74) is -0.630. The molecule has 7 amide bonds. The highest BCUT2D eigenvalue weighted by molar-refractivity contribution is 7.15. The lowest BCUT2D eigenvalue weighted by Gasteiger charge is -2.28. The van der Waals surface area contributed by atoms with Gasteiger partial charge in [0.15, 0.2) is 0 Å². The number of alkyl carbamates (subject to hydrolysis) is 1. The van der Waals surface area contributed by atoms with Crippen LogP contribution in [0.25, 0.3) is 49.1 Å². The minimum atomic E-state index is -1.67. The molecule has 0 radical (unpaired) electrons. The zero-order chi connectivity index (χ0) is 60.7. The molecule has 7 aromatic heterocycles. The molecule has 0 saturated heterocycles. The number of nitrogens with zero attached hydrogens (tertiary/aromatic N) is 7. The number of fused-ring (bicyclic) bond motifs is 11. The highest BCUT2D eigenvalue weighted by atomic mass is 32.1. The van der Waals surface area contributed by atoms with Gasteiger partial charge < -0.3 is 57.3 Å². The first-order valence-electron chi connectivity index (χ1n) is 24.9. The van der Waals surface area contributed by atoms with Crippen LogP contribution in [0.15, 0.2) is 62.3 Å². The van der Waals surface area contributed by atoms with Crippen LogP contribution in [-0.2, 0) is 23.9 Å². The molecule has 0 fully saturated rings. The van der Waals surface area contributed by atoms with Gasteiger partial charge in [0.2, 0.25) is 5.91 Å². The summed E-state index contributed by atoms with van der Waals surface area (Å²) in [4.78, 5) is 150. The third kappa shape index (κ3) is 14.7. The van der Waals surface area contributed by atoms with Gasteiger partial charge in [-0.3, -0.25) is 38.4 Å². The lowest BCUT2D eigenvalue weighted by atomic mass is 9.99. The van der Waals surface area contributed by atoms with Crippen molar-refractivity contribution in [3.05, 3.63) is 100 Å². The zero-order valence-electron chi connectivity index (χ0n) is 45.1. The lowest BCUT2D eigenvalue weighted by molar-refractivity contribution is -0.136. The largest absolute Gasteiger partial charge is 0.480 e. The second kappa shape index (κ2) is 26.4. The van der Waals surface area contributed by atoms with Crippen LogP contribution >= 0.6 is 68.0 Å². The van der Waals surface area contributed by atoms with Gasteiger partial charge in [0.1, 0.15) is 112 Å². The van der Waals surface area contributed by atoms with E-state index in [1.807, 2.05) is 0 Å². The third-order valence-corrected chi connectivity index (χ3v) is 17.2. The number of Topliss-reactive ketones (excluding diaryl/α,β-unsaturated/α-hetero) is 1. The van der Waals surface area contributed by atoms with Crippen LogP contribution in [0.3, 0.4) is 0 Å². The summed E-state index contributed by atoms with van der Waals surface area (Å²) < 4.78 is 5.58. The number of aromatic nitrogens is 7. The first-order valence-corrected chi connectivity index (χ1v) is 30.2. The number of aliphatic hydroxyl groups is 2. The zero-order valence-corrected chi connectivity index (χ0v) is 50.0. The Morgan fingerprint density at radius 3 is 1.92 bits per heavy atom. The molecule has 1 aliphatic rings. The molecule has 0 spiro atoms. The van der Waals surface area contributed by atoms with Crippen LogP contribution in [0.5, 0.6) is 0 Å². The van der Waals surface area contributed by atoms with Crippen molar-refractivity contribution in [1.29, 1.82) is 0 Å². The van der Waals surface area contributed by atoms with E-state index in [1.54, 1.807) is 36.7 Å². The number of hydrogen-bond donors (Lipinski definition) is 10. The molecular weight excluding hydrogens is 1210 g/mol. The summed E-state index contributed by atoms with van der Waals surface area (Å²) in [5.74, 6) is -6.18. The number of hydrogen-bond acceptors (Lipinski definition) is 25. The van der Waals surface area contributed by atoms with Gasteiger partial charge in [-0.15, -0.1) is 68.0 Å². The Morgan fingerprint density at radius 1 is 0.679 bits per heavy atom. The fraction of sp³-hybridized carbons (Fsp3) is 0.294. The maximum atomic E-state index is 14.3. The Bertz CT molecular complexity index is 3770. The fourth-order valence-electron chi connectivity index (χ4n) is 7.59. The highest BCUT2D eigenvalue weighted by Crippen LogP contribution is 2.39. The number of thiazole rings is 6. The predicted octanol–water partition coefficient (Wildman–Crippen LogP) is 4.71. The SMILES string of the molecule is C/C=C(\NC(=O)c1csc(-c2csc(-c3ccc4c(n3)-c3csc(n3)C(C(C)OC(=O)NCC(=O)O)NC(=O)c3csc(n3)C(C(C)(C)O)NC(=O)c3csc(n3)/C(=C/C)NC(=O)C(C(C)O)NC(=O)c3csc-4n3)n2)n1)C(=O)NCC(C)=O. The predicted molar refractivity (Wildman–Crippen MR) is 311 cm³/mol. The highest BCUT2D eigenvalue weighted by Gasteiger charge is 2.36. The third-order valence-electron chi connectivity index (χ3n) is 11.8. The number of carbonyl (C=O) groups is 9. The molecule has 8 bridgehead atoms. The second-order valence-corrected chi connectivity index (χ2v) is 23.9. The number of nitrogens with one attached hydrogen (secondary N) is 7. The summed E-state index contributed by atoms with van der Waals surface area (Å²) in [6.45, 7) is 9.04. The van der Waals surface area contributed by atoms with Crippen molar-refractivity contribution in [2.75, 3.05) is 13.1 Å². The standard InChI is InChI=1S/C51H50N14O13S6/c1-8-24(38(70)52-12-20(3)66)55-39(71)28-16-81-47(60-28)32-19-82-46(62-32)26-11-10-23-36(54-26)27-14-83-48(57-27)35(22(5)78-50(76)53-13-33(68)69)64-41(73)30-18-84-49(61-30)37(51(6,7)77)65-42(74)31-17-80-45(59-31)25(9-2)56-43(75)34(21(4)67)63-40(72)29-15-79-44(23)58-29/h8-11,14-19,21-22,34-35,37,67,77H,12-13H2,1-7H3,(H,52,70)(H,53,76)(H,55,71)(H,56,75)(H,63,72)(H,64,73)(H,65,74)(H,68,69)/b24-8-,25-9-. The summed E-state index contributed by atoms with van der Waals surface area (Å²) in [7, 11) is 0. The number of pyridine rings is 1. The molecule has 7 aromatic rings. The van der Waals surface area contributed by atoms with Gasteiger partial charge in [-0.1, -0.05) is 12.2 Å². The van der Waals surface area contributed by atoms with E-state index < -0.39 is 90.0 Å². The quantitative estimate of drug-likeness (QED) is 0.0699. The number of carboxylic acid groups (broad SMARTS) is 1. The lowest BCUT2D eigenvalue weighted by Crippen LogP contribution is -2.52. The van der Waals surface area contributed by atoms with Gasteiger partial charge in [0.05, 0.1) is 29.6 Å². The van der Waals surface area contributed by atoms with Gasteiger partial charge in [-0.05, 0) is 60.6 Å². The van der Waals surface area contributed by atoms with Gasteiger partial charge in [-0.25, -0.2) is 39.7 Å². The monoisotopic (exact) mass is 1260 g/mol. The molecule has 33 heteroatoms. The van der Waals surface area contributed by atoms with Crippen molar-refractivity contribution >= 4 is 127 Å². The van der Waals surface area contributed by atoms with E-state index in [-0.39, 0.29) is 77.9 Å². The fourth-order valence-corrected chi connectivity index (χ4v) is 12.8. The Morgan fingerprint density at radius 2 is 1.25 bits per heavy atom. The molecule has 84 heavy (non-hydrogen) atoms. The Balaban J connectivity index is 1.20. The molecule has 1 aliphatic heterocycles. The molecule has 0 saturated carbocycles. The minimum Gasteiger partial charge on any atom is -0.480 e. The molecule has 0 aromatic carbocycles. The van der Waals surface area contributed by atoms with E-state index in [2.05, 4.69) is 57.2 Å². The summed E-state index contributed by atoms with van der Waals surface area (Å²) in [6.07, 6.45) is -0.915. The van der Waals surface area contributed by atoms with E-state index >= 15 is 0 Å². The van der Waals surface area contributed by atoms with E-state index in [0.29, 0.717) is 27.0 Å². The smallest absolute Gasteiger partial charge is 0.407 e. The van der Waals surface area contributed by atoms with Crippen LogP contribution in [0.2, 0.25) is 0 Å². The number of aliphatic hydroxyl groups excluding tert-OH is 1. The van der Waals surface area contributed by atoms with Gasteiger partial charge in [0, 0.05) is 37.8 Å². The van der Waals surface area contributed by atoms with Crippen LogP contribution < -0.4 is 37.2 Å². The molecule has 0 aliphatic carbocycles. The van der Waals surface area contributed by atoms with Crippen molar-refractivity contribution in [3.8, 4) is 43.4 Å². The van der Waals surface area contributed by atoms with Gasteiger partial charge in [0.25, 0.3) is 29.5 Å². The van der Waals surface area contributed by atoms with Crippen LogP contribution in [-0.4, -0.2) is 140 Å². The summed E-state index contributed by atoms with van der Waals surface area (Å²) in [5, 5.41) is 59.7. The second-order valence-electron chi connectivity index (χ2n) is 18.7. The van der Waals surface area contributed by atoms with Crippen LogP contribution in [0.4, 0.5) is 4.79 Å². The number of allylic oxidation sites excluding steroid dienone is 2. The normalized spacial score (nSPS) is 17.4. The number of amides is 7. The number of ketones is 1. The van der Waals surface area contributed by atoms with Crippen molar-refractivity contribution < 1.29 is 63.2 Å². The molecule has 27 nitrogen and oxygen atoms in total. The number of aliphatic carboxylic acids is 1. The number of ether oxygens (including phenoxy) is 1. The first kappa shape index (κ1) is 61.6. The molecule has 438 valence electrons. The van der Waals surface area contributed by atoms with E-state index in [1.165, 1.54) is 79.6 Å². The Kier molecular flexibility index (Phi) is 19.4. The van der Waals surface area contributed by atoms with E-state index in [9.17, 15) is 58.5 Å². The molecule has 5 unspecified atom stereocenters. The maximum Gasteiger partial charge on any atom is 0.407 e. The van der Waals surface area contributed by atoms with E-state index in [0.717, 1.165) is 56.7 Å². The van der Waals surface area contributed by atoms with Gasteiger partial charge >= 0.3 is 12.1 Å². The van der Waals surface area contributed by atoms with Crippen molar-refractivity contribution in [2.24, 2.45) is 0 Å². The average molecular weight is 1260 g/mol. The molecule has 8 rings (SSSR count). The topological polar surface area (TPSA) is 398 Å². The van der Waals surface area contributed by atoms with Crippen molar-refractivity contribution in [1.82, 2.24) is 72.1 Å². The van der Waals surface area contributed by atoms with Crippen molar-refractivity contribution in [3.63, 3.8) is 0 Å². The van der Waals surface area contributed by atoms with E-state index in [4.69, 9.17) is 19.7 Å². The molecule has 5 atom stereocenters. The maximum absolute atomic E-state index is 14.3. The first-order chi connectivity index (χ1) is 39.9. The Labute approximate surface area is 500 Å². The van der Waals surface area contributed by atoms with Crippen LogP contribution in [0.1, 0.15) is 118 Å². The molecule has 10 N–H and O–H groups in total. The van der Waals surface area contributed by atoms with Crippen molar-refractivity contribution in [2.45, 2.75) is 84.4 Å². The average Bonchev–Trinajstić information content (AvgIpc) is 3.18. The summed E-state index contributed by atoms with van der Waals surface area (Å²) in [6, 6.07) is -0.687. The molecular formula is C51H50N14O13S6. The number of rotatable bonds is 13. The Hall–Kier alpha value is -8.44.